The summed E-state index contributed by atoms with van der Waals surface area (Å²) in [4.78, 5) is 12.3. The first-order chi connectivity index (χ1) is 10.6. The molecule has 22 heavy (non-hydrogen) atoms. The Balaban J connectivity index is 1.75. The smallest absolute Gasteiger partial charge is 0.254 e. The van der Waals surface area contributed by atoms with E-state index in [2.05, 4.69) is 21.9 Å². The predicted octanol–water partition coefficient (Wildman–Crippen LogP) is 3.17. The van der Waals surface area contributed by atoms with Gasteiger partial charge >= 0.3 is 0 Å². The van der Waals surface area contributed by atoms with E-state index in [0.29, 0.717) is 17.9 Å². The molecule has 3 aromatic rings. The minimum Gasteiger partial charge on any atom is -0.466 e. The topological polar surface area (TPSA) is 60.1 Å². The van der Waals surface area contributed by atoms with Crippen molar-refractivity contribution in [3.63, 3.8) is 0 Å². The Morgan fingerprint density at radius 1 is 1.50 bits per heavy atom. The summed E-state index contributed by atoms with van der Waals surface area (Å²) in [7, 11) is 0. The quantitative estimate of drug-likeness (QED) is 0.786. The molecule has 0 aromatic carbocycles. The zero-order valence-corrected chi connectivity index (χ0v) is 13.3. The average molecular weight is 315 g/mol. The van der Waals surface area contributed by atoms with Crippen molar-refractivity contribution < 1.29 is 9.21 Å². The zero-order valence-electron chi connectivity index (χ0n) is 12.4. The molecule has 0 aliphatic rings. The molecule has 5 nitrogen and oxygen atoms in total. The van der Waals surface area contributed by atoms with Crippen molar-refractivity contribution in [2.45, 2.75) is 19.9 Å². The highest BCUT2D eigenvalue weighted by atomic mass is 32.1. The second-order valence-electron chi connectivity index (χ2n) is 5.10. The van der Waals surface area contributed by atoms with Gasteiger partial charge in [-0.25, -0.2) is 0 Å². The van der Waals surface area contributed by atoms with Crippen LogP contribution in [0.1, 0.15) is 33.5 Å². The fraction of sp³-hybridized carbons (Fsp3) is 0.250. The molecule has 0 bridgehead atoms. The number of nitrogens with zero attached hydrogens (tertiary/aromatic N) is 2. The van der Waals surface area contributed by atoms with Crippen molar-refractivity contribution in [1.29, 1.82) is 0 Å². The summed E-state index contributed by atoms with van der Waals surface area (Å²) in [5.41, 5.74) is 1.72. The number of thiophene rings is 1. The Kier molecular flexibility index (Phi) is 4.11. The third kappa shape index (κ3) is 2.96. The van der Waals surface area contributed by atoms with Crippen LogP contribution in [0.4, 0.5) is 0 Å². The predicted molar refractivity (Wildman–Crippen MR) is 85.2 cm³/mol. The Bertz CT molecular complexity index is 710. The third-order valence-electron chi connectivity index (χ3n) is 3.51. The molecule has 1 N–H and O–H groups in total. The van der Waals surface area contributed by atoms with Gasteiger partial charge < -0.3 is 9.73 Å². The monoisotopic (exact) mass is 315 g/mol. The minimum absolute atomic E-state index is 0.0153. The number of amides is 1. The molecule has 0 saturated heterocycles. The van der Waals surface area contributed by atoms with E-state index in [-0.39, 0.29) is 11.9 Å². The van der Waals surface area contributed by atoms with Gasteiger partial charge in [-0.2, -0.15) is 16.4 Å². The van der Waals surface area contributed by atoms with Crippen LogP contribution in [-0.2, 0) is 0 Å². The van der Waals surface area contributed by atoms with E-state index in [4.69, 9.17) is 4.42 Å². The van der Waals surface area contributed by atoms with Gasteiger partial charge in [-0.3, -0.25) is 9.48 Å². The summed E-state index contributed by atoms with van der Waals surface area (Å²) in [6.45, 7) is 4.11. The van der Waals surface area contributed by atoms with Crippen molar-refractivity contribution >= 4 is 17.2 Å². The van der Waals surface area contributed by atoms with Crippen LogP contribution in [0.15, 0.2) is 45.8 Å². The molecule has 114 valence electrons. The van der Waals surface area contributed by atoms with Crippen LogP contribution in [0, 0.1) is 13.8 Å². The van der Waals surface area contributed by atoms with Gasteiger partial charge in [-0.1, -0.05) is 0 Å². The first-order valence-corrected chi connectivity index (χ1v) is 7.96. The summed E-state index contributed by atoms with van der Waals surface area (Å²) < 4.78 is 7.27. The van der Waals surface area contributed by atoms with E-state index >= 15 is 0 Å². The number of aryl methyl sites for hydroxylation is 2. The van der Waals surface area contributed by atoms with Gasteiger partial charge in [0.25, 0.3) is 5.91 Å². The number of hydrogen-bond donors (Lipinski definition) is 1. The SMILES string of the molecule is Cc1cc(C(=O)NC[C@H](c2ccsc2)n2cccn2)c(C)o1. The van der Waals surface area contributed by atoms with Crippen molar-refractivity contribution in [2.24, 2.45) is 0 Å². The highest BCUT2D eigenvalue weighted by molar-refractivity contribution is 7.07. The van der Waals surface area contributed by atoms with Crippen LogP contribution in [0.2, 0.25) is 0 Å². The molecule has 3 rings (SSSR count). The zero-order chi connectivity index (χ0) is 15.5. The highest BCUT2D eigenvalue weighted by Crippen LogP contribution is 2.20. The highest BCUT2D eigenvalue weighted by Gasteiger charge is 2.18. The van der Waals surface area contributed by atoms with E-state index in [1.54, 1.807) is 30.5 Å². The van der Waals surface area contributed by atoms with Crippen molar-refractivity contribution in [3.05, 3.63) is 64.0 Å². The van der Waals surface area contributed by atoms with Gasteiger partial charge in [-0.15, -0.1) is 0 Å². The van der Waals surface area contributed by atoms with E-state index in [0.717, 1.165) is 11.3 Å². The van der Waals surface area contributed by atoms with E-state index < -0.39 is 0 Å². The number of hydrogen-bond acceptors (Lipinski definition) is 4. The van der Waals surface area contributed by atoms with Gasteiger partial charge in [0, 0.05) is 18.9 Å². The largest absolute Gasteiger partial charge is 0.466 e. The molecular weight excluding hydrogens is 298 g/mol. The summed E-state index contributed by atoms with van der Waals surface area (Å²) in [5, 5.41) is 11.4. The molecule has 0 radical (unpaired) electrons. The lowest BCUT2D eigenvalue weighted by atomic mass is 10.1. The fourth-order valence-electron chi connectivity index (χ4n) is 2.43. The molecule has 0 fully saturated rings. The van der Waals surface area contributed by atoms with Gasteiger partial charge in [0.15, 0.2) is 0 Å². The average Bonchev–Trinajstić information content (AvgIpc) is 3.21. The molecule has 3 aromatic heterocycles. The summed E-state index contributed by atoms with van der Waals surface area (Å²) in [6.07, 6.45) is 3.65. The second-order valence-corrected chi connectivity index (χ2v) is 5.88. The first kappa shape index (κ1) is 14.6. The maximum Gasteiger partial charge on any atom is 0.254 e. The Labute approximate surface area is 132 Å². The molecule has 6 heteroatoms. The summed E-state index contributed by atoms with van der Waals surface area (Å²) in [5.74, 6) is 1.26. The second kappa shape index (κ2) is 6.19. The van der Waals surface area contributed by atoms with E-state index in [1.807, 2.05) is 29.2 Å². The van der Waals surface area contributed by atoms with Crippen LogP contribution in [0.3, 0.4) is 0 Å². The fourth-order valence-corrected chi connectivity index (χ4v) is 3.14. The van der Waals surface area contributed by atoms with Gasteiger partial charge in [0.05, 0.1) is 11.6 Å². The van der Waals surface area contributed by atoms with Crippen LogP contribution >= 0.6 is 11.3 Å². The van der Waals surface area contributed by atoms with Crippen LogP contribution < -0.4 is 5.32 Å². The lowest BCUT2D eigenvalue weighted by Gasteiger charge is -2.17. The number of carbonyl (C=O) groups excluding carboxylic acids is 1. The summed E-state index contributed by atoms with van der Waals surface area (Å²) in [6, 6.07) is 5.68. The normalized spacial score (nSPS) is 12.3. The van der Waals surface area contributed by atoms with Crippen LogP contribution in [0.25, 0.3) is 0 Å². The number of carbonyl (C=O) groups is 1. The van der Waals surface area contributed by atoms with Gasteiger partial charge in [0.2, 0.25) is 0 Å². The van der Waals surface area contributed by atoms with E-state index in [9.17, 15) is 4.79 Å². The molecule has 1 amide bonds. The summed E-state index contributed by atoms with van der Waals surface area (Å²) >= 11 is 1.63. The Hall–Kier alpha value is -2.34. The number of rotatable bonds is 5. The number of aromatic nitrogens is 2. The molecular formula is C16H17N3O2S. The number of nitrogens with one attached hydrogen (secondary N) is 1. The minimum atomic E-state index is -0.123. The molecule has 0 aliphatic carbocycles. The molecule has 0 aliphatic heterocycles. The Morgan fingerprint density at radius 2 is 2.36 bits per heavy atom. The molecule has 0 unspecified atom stereocenters. The van der Waals surface area contributed by atoms with Crippen LogP contribution in [0.5, 0.6) is 0 Å². The Morgan fingerprint density at radius 3 is 2.95 bits per heavy atom. The van der Waals surface area contributed by atoms with Gasteiger partial charge in [0.1, 0.15) is 11.5 Å². The molecule has 3 heterocycles. The lowest BCUT2D eigenvalue weighted by molar-refractivity contribution is 0.0947. The molecule has 0 spiro atoms. The maximum absolute atomic E-state index is 12.3. The third-order valence-corrected chi connectivity index (χ3v) is 4.22. The van der Waals surface area contributed by atoms with Crippen molar-refractivity contribution in [1.82, 2.24) is 15.1 Å². The number of furan rings is 1. The van der Waals surface area contributed by atoms with Crippen molar-refractivity contribution in [3.8, 4) is 0 Å². The standard InChI is InChI=1S/C16H17N3O2S/c1-11-8-14(12(2)21-11)16(20)17-9-15(13-4-7-22-10-13)19-6-3-5-18-19/h3-8,10,15H,9H2,1-2H3,(H,17,20)/t15-/m1/s1. The van der Waals surface area contributed by atoms with Gasteiger partial charge in [-0.05, 0) is 48.4 Å². The first-order valence-electron chi connectivity index (χ1n) is 7.01. The molecule has 1 atom stereocenters. The van der Waals surface area contributed by atoms with E-state index in [1.165, 1.54) is 0 Å². The lowest BCUT2D eigenvalue weighted by Crippen LogP contribution is -2.31. The van der Waals surface area contributed by atoms with Crippen LogP contribution in [-0.4, -0.2) is 22.2 Å². The molecule has 0 saturated carbocycles. The van der Waals surface area contributed by atoms with Crippen molar-refractivity contribution in [2.75, 3.05) is 6.54 Å². The maximum atomic E-state index is 12.3.